The number of benzene rings is 1. The first-order chi connectivity index (χ1) is 9.72. The van der Waals surface area contributed by atoms with E-state index in [1.807, 2.05) is 12.1 Å². The standard InChI is InChI=1S/C16H27ClO2Si2/c1-7-18-20(3,4)13-16(21(5,6)19-8-2)14-9-11-15(17)12-10-14/h9-13H,7-8H2,1-6H3/b16-13-. The van der Waals surface area contributed by atoms with Crippen molar-refractivity contribution >= 4 is 33.4 Å². The topological polar surface area (TPSA) is 18.5 Å². The highest BCUT2D eigenvalue weighted by molar-refractivity contribution is 6.93. The molecule has 0 N–H and O–H groups in total. The molecule has 5 heteroatoms. The highest BCUT2D eigenvalue weighted by Crippen LogP contribution is 2.30. The number of rotatable bonds is 7. The summed E-state index contributed by atoms with van der Waals surface area (Å²) >= 11 is 6.02. The van der Waals surface area contributed by atoms with Gasteiger partial charge in [-0.25, -0.2) is 0 Å². The third-order valence-corrected chi connectivity index (χ3v) is 8.62. The minimum Gasteiger partial charge on any atom is -0.414 e. The molecule has 0 aromatic heterocycles. The van der Waals surface area contributed by atoms with Gasteiger partial charge in [-0.1, -0.05) is 29.4 Å². The molecule has 1 rings (SSSR count). The zero-order valence-corrected chi connectivity index (χ0v) is 16.8. The Labute approximate surface area is 136 Å². The first-order valence-corrected chi connectivity index (χ1v) is 13.8. The normalized spacial score (nSPS) is 13.6. The summed E-state index contributed by atoms with van der Waals surface area (Å²) in [7, 11) is -3.80. The minimum atomic E-state index is -1.96. The highest BCUT2D eigenvalue weighted by atomic mass is 35.5. The van der Waals surface area contributed by atoms with E-state index in [-0.39, 0.29) is 0 Å². The Morgan fingerprint density at radius 1 is 1.00 bits per heavy atom. The predicted molar refractivity (Wildman–Crippen MR) is 97.6 cm³/mol. The van der Waals surface area contributed by atoms with Crippen molar-refractivity contribution in [2.24, 2.45) is 0 Å². The third kappa shape index (κ3) is 5.71. The van der Waals surface area contributed by atoms with Gasteiger partial charge in [0.05, 0.1) is 0 Å². The second-order valence-corrected chi connectivity index (χ2v) is 14.1. The van der Waals surface area contributed by atoms with Gasteiger partial charge in [0.1, 0.15) is 0 Å². The fraction of sp³-hybridized carbons (Fsp3) is 0.500. The Balaban J connectivity index is 3.29. The van der Waals surface area contributed by atoms with E-state index in [9.17, 15) is 0 Å². The van der Waals surface area contributed by atoms with Crippen LogP contribution in [0.2, 0.25) is 31.2 Å². The van der Waals surface area contributed by atoms with Crippen LogP contribution in [0.1, 0.15) is 19.4 Å². The van der Waals surface area contributed by atoms with E-state index in [4.69, 9.17) is 20.5 Å². The molecule has 21 heavy (non-hydrogen) atoms. The van der Waals surface area contributed by atoms with Crippen LogP contribution in [0.3, 0.4) is 0 Å². The Kier molecular flexibility index (Phi) is 6.88. The van der Waals surface area contributed by atoms with E-state index >= 15 is 0 Å². The predicted octanol–water partition coefficient (Wildman–Crippen LogP) is 5.29. The summed E-state index contributed by atoms with van der Waals surface area (Å²) < 4.78 is 12.1. The van der Waals surface area contributed by atoms with Crippen LogP contribution >= 0.6 is 11.6 Å². The molecule has 0 heterocycles. The van der Waals surface area contributed by atoms with Gasteiger partial charge in [0, 0.05) is 18.2 Å². The van der Waals surface area contributed by atoms with Gasteiger partial charge in [-0.2, -0.15) is 0 Å². The Morgan fingerprint density at radius 2 is 1.52 bits per heavy atom. The number of hydrogen-bond donors (Lipinski definition) is 0. The fourth-order valence-electron chi connectivity index (χ4n) is 2.43. The first-order valence-electron chi connectivity index (χ1n) is 7.49. The molecule has 0 radical (unpaired) electrons. The van der Waals surface area contributed by atoms with Gasteiger partial charge >= 0.3 is 0 Å². The fourth-order valence-corrected chi connectivity index (χ4v) is 8.42. The van der Waals surface area contributed by atoms with Gasteiger partial charge in [0.15, 0.2) is 0 Å². The molecule has 0 aliphatic carbocycles. The second kappa shape index (κ2) is 7.74. The maximum absolute atomic E-state index is 6.10. The van der Waals surface area contributed by atoms with E-state index in [1.165, 1.54) is 10.8 Å². The van der Waals surface area contributed by atoms with Crippen LogP contribution in [-0.2, 0) is 8.85 Å². The number of hydrogen-bond acceptors (Lipinski definition) is 2. The van der Waals surface area contributed by atoms with Crippen LogP contribution in [0.4, 0.5) is 0 Å². The molecule has 0 aliphatic heterocycles. The smallest absolute Gasteiger partial charge is 0.218 e. The first kappa shape index (κ1) is 18.7. The molecule has 1 aromatic carbocycles. The summed E-state index contributed by atoms with van der Waals surface area (Å²) in [5.41, 5.74) is 3.55. The van der Waals surface area contributed by atoms with Crippen LogP contribution in [-0.4, -0.2) is 29.8 Å². The van der Waals surface area contributed by atoms with Gasteiger partial charge in [0.2, 0.25) is 16.6 Å². The summed E-state index contributed by atoms with van der Waals surface area (Å²) in [5.74, 6) is 0. The van der Waals surface area contributed by atoms with E-state index in [0.717, 1.165) is 18.2 Å². The minimum absolute atomic E-state index is 0.737. The molecule has 0 aliphatic rings. The van der Waals surface area contributed by atoms with Crippen molar-refractivity contribution in [3.63, 3.8) is 0 Å². The molecule has 0 spiro atoms. The molecule has 0 saturated heterocycles. The lowest BCUT2D eigenvalue weighted by Crippen LogP contribution is -2.37. The lowest BCUT2D eigenvalue weighted by Gasteiger charge is -2.29. The third-order valence-electron chi connectivity index (χ3n) is 3.32. The zero-order chi connectivity index (χ0) is 16.1. The monoisotopic (exact) mass is 342 g/mol. The highest BCUT2D eigenvalue weighted by Gasteiger charge is 2.32. The van der Waals surface area contributed by atoms with Crippen molar-refractivity contribution in [1.29, 1.82) is 0 Å². The maximum Gasteiger partial charge on any atom is 0.218 e. The molecular formula is C16H27ClO2Si2. The summed E-state index contributed by atoms with van der Waals surface area (Å²) in [5, 5.41) is 2.07. The van der Waals surface area contributed by atoms with Gasteiger partial charge in [-0.3, -0.25) is 0 Å². The van der Waals surface area contributed by atoms with Gasteiger partial charge in [-0.05, 0) is 62.9 Å². The Bertz CT molecular complexity index is 482. The Hall–Kier alpha value is -0.396. The lowest BCUT2D eigenvalue weighted by molar-refractivity contribution is 0.336. The molecule has 0 atom stereocenters. The summed E-state index contributed by atoms with van der Waals surface area (Å²) in [6.45, 7) is 14.5. The van der Waals surface area contributed by atoms with Gasteiger partial charge in [0.25, 0.3) is 0 Å². The SMILES string of the molecule is CCO[Si](C)(C)/C=C(/c1ccc(Cl)cc1)[Si](C)(C)OCC. The van der Waals surface area contributed by atoms with Crippen LogP contribution in [0, 0.1) is 0 Å². The van der Waals surface area contributed by atoms with Crippen molar-refractivity contribution in [3.8, 4) is 0 Å². The van der Waals surface area contributed by atoms with E-state index in [0.29, 0.717) is 0 Å². The van der Waals surface area contributed by atoms with Crippen LogP contribution in [0.5, 0.6) is 0 Å². The molecule has 0 bridgehead atoms. The quantitative estimate of drug-likeness (QED) is 0.627. The van der Waals surface area contributed by atoms with Gasteiger partial charge in [-0.15, -0.1) is 0 Å². The molecule has 1 aromatic rings. The van der Waals surface area contributed by atoms with Crippen molar-refractivity contribution < 1.29 is 8.85 Å². The summed E-state index contributed by atoms with van der Waals surface area (Å²) in [6.07, 6.45) is 0. The van der Waals surface area contributed by atoms with E-state index in [2.05, 4.69) is 57.9 Å². The summed E-state index contributed by atoms with van der Waals surface area (Å²) in [4.78, 5) is 0. The Morgan fingerprint density at radius 3 is 2.00 bits per heavy atom. The average molecular weight is 343 g/mol. The van der Waals surface area contributed by atoms with Crippen LogP contribution in [0.15, 0.2) is 30.0 Å². The summed E-state index contributed by atoms with van der Waals surface area (Å²) in [6, 6.07) is 8.05. The molecule has 0 fully saturated rings. The van der Waals surface area contributed by atoms with Crippen molar-refractivity contribution in [1.82, 2.24) is 0 Å². The van der Waals surface area contributed by atoms with Crippen molar-refractivity contribution in [2.45, 2.75) is 40.0 Å². The molecular weight excluding hydrogens is 316 g/mol. The average Bonchev–Trinajstić information content (AvgIpc) is 2.37. The molecule has 0 amide bonds. The largest absolute Gasteiger partial charge is 0.414 e. The van der Waals surface area contributed by atoms with E-state index in [1.54, 1.807) is 0 Å². The zero-order valence-electron chi connectivity index (χ0n) is 14.0. The van der Waals surface area contributed by atoms with Crippen molar-refractivity contribution in [2.75, 3.05) is 13.2 Å². The van der Waals surface area contributed by atoms with Crippen molar-refractivity contribution in [3.05, 3.63) is 40.6 Å². The van der Waals surface area contributed by atoms with E-state index < -0.39 is 16.6 Å². The molecule has 0 unspecified atom stereocenters. The second-order valence-electron chi connectivity index (χ2n) is 6.04. The maximum atomic E-state index is 6.10. The van der Waals surface area contributed by atoms with Crippen LogP contribution in [0.25, 0.3) is 5.20 Å². The van der Waals surface area contributed by atoms with Gasteiger partial charge < -0.3 is 8.85 Å². The molecule has 2 nitrogen and oxygen atoms in total. The van der Waals surface area contributed by atoms with Crippen LogP contribution < -0.4 is 0 Å². The molecule has 0 saturated carbocycles. The number of halogens is 1. The molecule has 118 valence electrons. The lowest BCUT2D eigenvalue weighted by atomic mass is 10.2.